The second kappa shape index (κ2) is 13.9. The third-order valence-electron chi connectivity index (χ3n) is 5.49. The summed E-state index contributed by atoms with van der Waals surface area (Å²) in [6.45, 7) is 1.67. The number of carboxylic acid groups (broad SMARTS) is 2. The quantitative estimate of drug-likeness (QED) is 0.212. The van der Waals surface area contributed by atoms with Crippen molar-refractivity contribution in [2.45, 2.75) is 56.4 Å². The third-order valence-corrected chi connectivity index (χ3v) is 6.40. The highest BCUT2D eigenvalue weighted by atomic mass is 32.1. The van der Waals surface area contributed by atoms with Gasteiger partial charge in [0.05, 0.1) is 25.1 Å². The number of esters is 2. The number of carboxylic acids is 2. The van der Waals surface area contributed by atoms with Crippen molar-refractivity contribution >= 4 is 46.9 Å². The normalized spacial score (nSPS) is 16.1. The van der Waals surface area contributed by atoms with Crippen LogP contribution >= 0.6 is 11.3 Å². The molecule has 0 aromatic carbocycles. The van der Waals surface area contributed by atoms with Crippen LogP contribution < -0.4 is 5.32 Å². The van der Waals surface area contributed by atoms with E-state index in [0.717, 1.165) is 14.2 Å². The molecule has 1 aromatic rings. The number of likely N-dealkylation sites (tertiary alicyclic amines) is 1. The SMILES string of the molecule is COC(=O)C(CCC(=O)c1cccs1)(N[C@@H](C)C(=O)N1CCC[C@H]1C(=O)O)C(=O)OC.O=C(O)C(F)(F)F. The molecule has 1 fully saturated rings. The summed E-state index contributed by atoms with van der Waals surface area (Å²) < 4.78 is 41.3. The van der Waals surface area contributed by atoms with E-state index < -0.39 is 53.6 Å². The largest absolute Gasteiger partial charge is 0.490 e. The minimum Gasteiger partial charge on any atom is -0.480 e. The molecule has 1 aromatic heterocycles. The molecule has 212 valence electrons. The van der Waals surface area contributed by atoms with Crippen LogP contribution in [0.1, 0.15) is 42.3 Å². The van der Waals surface area contributed by atoms with Gasteiger partial charge in [-0.05, 0) is 37.6 Å². The molecule has 1 amide bonds. The molecule has 1 aliphatic heterocycles. The van der Waals surface area contributed by atoms with E-state index in [1.165, 1.54) is 23.2 Å². The number of ether oxygens (including phenoxy) is 2. The van der Waals surface area contributed by atoms with E-state index in [2.05, 4.69) is 5.32 Å². The molecule has 0 saturated carbocycles. The van der Waals surface area contributed by atoms with Crippen molar-refractivity contribution < 1.29 is 61.6 Å². The van der Waals surface area contributed by atoms with Crippen LogP contribution in [-0.2, 0) is 33.4 Å². The number of nitrogens with one attached hydrogen (secondary N) is 1. The Morgan fingerprint density at radius 3 is 2.11 bits per heavy atom. The molecule has 0 bridgehead atoms. The van der Waals surface area contributed by atoms with Crippen LogP contribution in [0.25, 0.3) is 0 Å². The molecule has 2 rings (SSSR count). The van der Waals surface area contributed by atoms with Crippen LogP contribution in [0.2, 0.25) is 0 Å². The van der Waals surface area contributed by atoms with Gasteiger partial charge in [0.1, 0.15) is 6.04 Å². The highest BCUT2D eigenvalue weighted by molar-refractivity contribution is 7.12. The number of nitrogens with zero attached hydrogens (tertiary/aromatic N) is 1. The Labute approximate surface area is 218 Å². The topological polar surface area (TPSA) is 177 Å². The number of alkyl halides is 3. The second-order valence-electron chi connectivity index (χ2n) is 7.99. The number of halogens is 3. The molecule has 2 heterocycles. The zero-order valence-electron chi connectivity index (χ0n) is 20.6. The minimum atomic E-state index is -5.08. The minimum absolute atomic E-state index is 0.180. The van der Waals surface area contributed by atoms with Gasteiger partial charge in [-0.25, -0.2) is 19.2 Å². The maximum Gasteiger partial charge on any atom is 0.490 e. The van der Waals surface area contributed by atoms with Crippen LogP contribution in [0.3, 0.4) is 0 Å². The van der Waals surface area contributed by atoms with Crippen molar-refractivity contribution in [2.24, 2.45) is 0 Å². The lowest BCUT2D eigenvalue weighted by Gasteiger charge is -2.33. The first kappa shape index (κ1) is 32.5. The van der Waals surface area contributed by atoms with Gasteiger partial charge in [0.15, 0.2) is 5.78 Å². The summed E-state index contributed by atoms with van der Waals surface area (Å²) in [6.07, 6.45) is -4.71. The molecule has 12 nitrogen and oxygen atoms in total. The van der Waals surface area contributed by atoms with E-state index in [9.17, 15) is 42.3 Å². The van der Waals surface area contributed by atoms with Crippen molar-refractivity contribution in [3.8, 4) is 0 Å². The van der Waals surface area contributed by atoms with E-state index in [1.807, 2.05) is 0 Å². The molecule has 16 heteroatoms. The Bertz CT molecular complexity index is 1010. The van der Waals surface area contributed by atoms with Gasteiger partial charge in [-0.15, -0.1) is 11.3 Å². The number of rotatable bonds is 10. The smallest absolute Gasteiger partial charge is 0.480 e. The number of Topliss-reactive ketones (excluding diaryl/α,β-unsaturated/α-hetero) is 1. The van der Waals surface area contributed by atoms with Crippen molar-refractivity contribution in [3.63, 3.8) is 0 Å². The summed E-state index contributed by atoms with van der Waals surface area (Å²) in [4.78, 5) is 72.7. The molecule has 1 aliphatic rings. The van der Waals surface area contributed by atoms with Crippen LogP contribution in [0.4, 0.5) is 13.2 Å². The monoisotopic (exact) mass is 568 g/mol. The van der Waals surface area contributed by atoms with Gasteiger partial charge in [0.2, 0.25) is 11.4 Å². The molecule has 3 N–H and O–H groups in total. The maximum absolute atomic E-state index is 12.9. The fourth-order valence-corrected chi connectivity index (χ4v) is 4.35. The molecule has 0 unspecified atom stereocenters. The average Bonchev–Trinajstić information content (AvgIpc) is 3.57. The zero-order chi connectivity index (χ0) is 29.3. The number of hydrogen-bond acceptors (Lipinski definition) is 10. The molecule has 1 saturated heterocycles. The average molecular weight is 569 g/mol. The number of hydrogen-bond donors (Lipinski definition) is 3. The summed E-state index contributed by atoms with van der Waals surface area (Å²) in [5, 5.41) is 20.9. The van der Waals surface area contributed by atoms with Crippen LogP contribution in [-0.4, -0.2) is 95.2 Å². The Kier molecular flexibility index (Phi) is 11.8. The van der Waals surface area contributed by atoms with E-state index in [4.69, 9.17) is 19.4 Å². The zero-order valence-corrected chi connectivity index (χ0v) is 21.4. The van der Waals surface area contributed by atoms with E-state index in [1.54, 1.807) is 17.5 Å². The lowest BCUT2D eigenvalue weighted by Crippen LogP contribution is -2.64. The number of methoxy groups -OCH3 is 2. The Balaban J connectivity index is 0.000000905. The molecule has 2 atom stereocenters. The highest BCUT2D eigenvalue weighted by Gasteiger charge is 2.51. The molecule has 0 aliphatic carbocycles. The summed E-state index contributed by atoms with van der Waals surface area (Å²) in [5.41, 5.74) is -2.11. The van der Waals surface area contributed by atoms with Gasteiger partial charge in [-0.2, -0.15) is 13.2 Å². The molecule has 38 heavy (non-hydrogen) atoms. The van der Waals surface area contributed by atoms with Gasteiger partial charge >= 0.3 is 30.1 Å². The second-order valence-corrected chi connectivity index (χ2v) is 8.93. The number of thiophene rings is 1. The lowest BCUT2D eigenvalue weighted by molar-refractivity contribution is -0.192. The molecule has 0 spiro atoms. The number of ketones is 1. The number of carbonyl (C=O) groups is 6. The summed E-state index contributed by atoms with van der Waals surface area (Å²) in [5.74, 6) is -6.74. The van der Waals surface area contributed by atoms with Crippen molar-refractivity contribution in [1.82, 2.24) is 10.2 Å². The van der Waals surface area contributed by atoms with Gasteiger partial charge in [0.25, 0.3) is 0 Å². The van der Waals surface area contributed by atoms with Gasteiger partial charge in [0, 0.05) is 13.0 Å². The van der Waals surface area contributed by atoms with E-state index >= 15 is 0 Å². The van der Waals surface area contributed by atoms with Gasteiger partial charge < -0.3 is 24.6 Å². The van der Waals surface area contributed by atoms with Crippen LogP contribution in [0.5, 0.6) is 0 Å². The molecular weight excluding hydrogens is 541 g/mol. The fourth-order valence-electron chi connectivity index (χ4n) is 3.65. The highest BCUT2D eigenvalue weighted by Crippen LogP contribution is 2.24. The van der Waals surface area contributed by atoms with Gasteiger partial charge in [-0.1, -0.05) is 6.07 Å². The Morgan fingerprint density at radius 1 is 1.13 bits per heavy atom. The van der Waals surface area contributed by atoms with Crippen molar-refractivity contribution in [3.05, 3.63) is 22.4 Å². The molecular formula is C22H27F3N2O10S. The van der Waals surface area contributed by atoms with Crippen LogP contribution in [0, 0.1) is 0 Å². The van der Waals surface area contributed by atoms with Crippen molar-refractivity contribution in [1.29, 1.82) is 0 Å². The van der Waals surface area contributed by atoms with E-state index in [0.29, 0.717) is 17.7 Å². The fraction of sp³-hybridized carbons (Fsp3) is 0.545. The Morgan fingerprint density at radius 2 is 1.68 bits per heavy atom. The number of carbonyl (C=O) groups excluding carboxylic acids is 4. The predicted octanol–water partition coefficient (Wildman–Crippen LogP) is 1.48. The number of aliphatic carboxylic acids is 2. The third kappa shape index (κ3) is 8.24. The first-order valence-electron chi connectivity index (χ1n) is 11.0. The standard InChI is InChI=1S/C20H26N2O8S.C2HF3O2/c1-12(16(24)22-10-4-6-13(22)17(25)26)21-20(18(27)29-2,19(28)30-3)9-8-14(23)15-7-5-11-31-15;3-2(4,5)1(6)7/h5,7,11-13,21H,4,6,8-10H2,1-3H3,(H,25,26);(H,6,7)/t12-,13-;/m0./s1. The number of amides is 1. The first-order valence-corrected chi connectivity index (χ1v) is 11.8. The first-order chi connectivity index (χ1) is 17.6. The lowest BCUT2D eigenvalue weighted by atomic mass is 9.90. The summed E-state index contributed by atoms with van der Waals surface area (Å²) in [7, 11) is 2.16. The Hall–Kier alpha value is -3.53. The van der Waals surface area contributed by atoms with E-state index in [-0.39, 0.29) is 25.2 Å². The maximum atomic E-state index is 12.9. The van der Waals surface area contributed by atoms with Crippen LogP contribution in [0.15, 0.2) is 17.5 Å². The summed E-state index contributed by atoms with van der Waals surface area (Å²) >= 11 is 1.23. The predicted molar refractivity (Wildman–Crippen MR) is 123 cm³/mol. The van der Waals surface area contributed by atoms with Gasteiger partial charge in [-0.3, -0.25) is 14.9 Å². The summed E-state index contributed by atoms with van der Waals surface area (Å²) in [6, 6.07) is 1.25. The van der Waals surface area contributed by atoms with Crippen molar-refractivity contribution in [2.75, 3.05) is 20.8 Å². The molecule has 0 radical (unpaired) electrons.